The molecule has 0 aliphatic carbocycles. The molecule has 1 N–H and O–H groups in total. The van der Waals surface area contributed by atoms with E-state index in [4.69, 9.17) is 0 Å². The third-order valence-electron chi connectivity index (χ3n) is 3.53. The highest BCUT2D eigenvalue weighted by Crippen LogP contribution is 2.21. The van der Waals surface area contributed by atoms with Gasteiger partial charge in [0.05, 0.1) is 15.9 Å². The maximum atomic E-state index is 12.7. The molecular weight excluding hydrogens is 298 g/mol. The Kier molecular flexibility index (Phi) is 3.72. The Balaban J connectivity index is 1.93. The molecule has 22 heavy (non-hydrogen) atoms. The Hall–Kier alpha value is -2.18. The summed E-state index contributed by atoms with van der Waals surface area (Å²) < 4.78 is 26.7. The van der Waals surface area contributed by atoms with Crippen molar-refractivity contribution in [2.24, 2.45) is 0 Å². The fraction of sp³-hybridized carbons (Fsp3) is 0.188. The Morgan fingerprint density at radius 2 is 1.86 bits per heavy atom. The number of nitrogens with zero attached hydrogens (tertiary/aromatic N) is 2. The molecule has 5 nitrogen and oxygen atoms in total. The van der Waals surface area contributed by atoms with E-state index in [0.717, 1.165) is 22.4 Å². The van der Waals surface area contributed by atoms with E-state index in [0.29, 0.717) is 6.54 Å². The molecule has 0 saturated carbocycles. The van der Waals surface area contributed by atoms with E-state index < -0.39 is 10.0 Å². The van der Waals surface area contributed by atoms with Crippen molar-refractivity contribution in [2.45, 2.75) is 18.4 Å². The van der Waals surface area contributed by atoms with Gasteiger partial charge in [0.25, 0.3) is 0 Å². The Morgan fingerprint density at radius 3 is 2.59 bits per heavy atom. The number of aromatic amines is 1. The van der Waals surface area contributed by atoms with E-state index in [2.05, 4.69) is 9.97 Å². The monoisotopic (exact) mass is 315 g/mol. The highest BCUT2D eigenvalue weighted by Gasteiger charge is 2.21. The van der Waals surface area contributed by atoms with Gasteiger partial charge < -0.3 is 4.98 Å². The number of fused-ring (bicyclic) bond motifs is 1. The average Bonchev–Trinajstić information content (AvgIpc) is 2.87. The van der Waals surface area contributed by atoms with Crippen molar-refractivity contribution >= 4 is 21.1 Å². The van der Waals surface area contributed by atoms with Crippen LogP contribution in [0.25, 0.3) is 11.0 Å². The van der Waals surface area contributed by atoms with Gasteiger partial charge in [-0.1, -0.05) is 30.3 Å². The molecule has 114 valence electrons. The number of hydrogen-bond acceptors (Lipinski definition) is 3. The lowest BCUT2D eigenvalue weighted by Crippen LogP contribution is -2.26. The molecule has 3 aromatic rings. The van der Waals surface area contributed by atoms with E-state index >= 15 is 0 Å². The molecule has 0 aliphatic heterocycles. The summed E-state index contributed by atoms with van der Waals surface area (Å²) in [6.07, 6.45) is 0. The second-order valence-electron chi connectivity index (χ2n) is 5.25. The summed E-state index contributed by atoms with van der Waals surface area (Å²) in [7, 11) is -1.95. The fourth-order valence-corrected chi connectivity index (χ4v) is 3.57. The van der Waals surface area contributed by atoms with E-state index in [1.54, 1.807) is 25.2 Å². The highest BCUT2D eigenvalue weighted by atomic mass is 32.2. The van der Waals surface area contributed by atoms with Crippen LogP contribution in [-0.4, -0.2) is 29.7 Å². The molecular formula is C16H17N3O2S. The number of sulfonamides is 1. The first-order valence-corrected chi connectivity index (χ1v) is 8.37. The van der Waals surface area contributed by atoms with Crippen LogP contribution < -0.4 is 0 Å². The lowest BCUT2D eigenvalue weighted by molar-refractivity contribution is 0.467. The average molecular weight is 315 g/mol. The number of H-pyrrole nitrogens is 1. The molecule has 6 heteroatoms. The predicted molar refractivity (Wildman–Crippen MR) is 85.9 cm³/mol. The third kappa shape index (κ3) is 2.75. The lowest BCUT2D eigenvalue weighted by Gasteiger charge is -2.17. The zero-order valence-electron chi connectivity index (χ0n) is 12.4. The molecule has 0 radical (unpaired) electrons. The van der Waals surface area contributed by atoms with Gasteiger partial charge >= 0.3 is 0 Å². The zero-order chi connectivity index (χ0) is 15.7. The molecule has 0 atom stereocenters. The van der Waals surface area contributed by atoms with Crippen LogP contribution in [0.2, 0.25) is 0 Å². The highest BCUT2D eigenvalue weighted by molar-refractivity contribution is 7.89. The van der Waals surface area contributed by atoms with Crippen molar-refractivity contribution in [3.63, 3.8) is 0 Å². The van der Waals surface area contributed by atoms with Crippen LogP contribution in [0.4, 0.5) is 0 Å². The Bertz CT molecular complexity index is 902. The second-order valence-corrected chi connectivity index (χ2v) is 7.29. The van der Waals surface area contributed by atoms with Crippen molar-refractivity contribution in [3.05, 3.63) is 59.9 Å². The maximum absolute atomic E-state index is 12.7. The van der Waals surface area contributed by atoms with Crippen molar-refractivity contribution in [2.75, 3.05) is 7.05 Å². The van der Waals surface area contributed by atoms with E-state index in [1.807, 2.05) is 37.3 Å². The summed E-state index contributed by atoms with van der Waals surface area (Å²) >= 11 is 0. The van der Waals surface area contributed by atoms with E-state index in [-0.39, 0.29) is 4.90 Å². The molecule has 0 spiro atoms. The van der Waals surface area contributed by atoms with Gasteiger partial charge in [-0.15, -0.1) is 0 Å². The van der Waals surface area contributed by atoms with Crippen LogP contribution in [0.15, 0.2) is 53.4 Å². The molecule has 0 saturated heterocycles. The SMILES string of the molecule is Cc1nc2ccc(S(=O)(=O)N(C)Cc3ccccc3)cc2[nH]1. The van der Waals surface area contributed by atoms with Crippen LogP contribution in [0.3, 0.4) is 0 Å². The largest absolute Gasteiger partial charge is 0.342 e. The lowest BCUT2D eigenvalue weighted by atomic mass is 10.2. The van der Waals surface area contributed by atoms with Gasteiger partial charge in [0.15, 0.2) is 0 Å². The summed E-state index contributed by atoms with van der Waals surface area (Å²) in [5.74, 6) is 0.766. The van der Waals surface area contributed by atoms with Crippen LogP contribution in [0.1, 0.15) is 11.4 Å². The zero-order valence-corrected chi connectivity index (χ0v) is 13.3. The molecule has 0 unspecified atom stereocenters. The smallest absolute Gasteiger partial charge is 0.243 e. The van der Waals surface area contributed by atoms with Crippen LogP contribution in [-0.2, 0) is 16.6 Å². The molecule has 3 rings (SSSR count). The first-order valence-electron chi connectivity index (χ1n) is 6.93. The molecule has 1 aromatic heterocycles. The van der Waals surface area contributed by atoms with Crippen molar-refractivity contribution in [1.29, 1.82) is 0 Å². The summed E-state index contributed by atoms with van der Waals surface area (Å²) in [5.41, 5.74) is 2.45. The minimum Gasteiger partial charge on any atom is -0.342 e. The number of benzene rings is 2. The summed E-state index contributed by atoms with van der Waals surface area (Å²) in [6.45, 7) is 2.18. The maximum Gasteiger partial charge on any atom is 0.243 e. The van der Waals surface area contributed by atoms with Gasteiger partial charge in [-0.2, -0.15) is 4.31 Å². The summed E-state index contributed by atoms with van der Waals surface area (Å²) in [6, 6.07) is 14.5. The molecule has 0 aliphatic rings. The number of nitrogens with one attached hydrogen (secondary N) is 1. The third-order valence-corrected chi connectivity index (χ3v) is 5.33. The van der Waals surface area contributed by atoms with Gasteiger partial charge in [0.2, 0.25) is 10.0 Å². The first-order chi connectivity index (χ1) is 10.5. The Morgan fingerprint density at radius 1 is 1.14 bits per heavy atom. The number of aromatic nitrogens is 2. The molecule has 1 heterocycles. The van der Waals surface area contributed by atoms with Crippen molar-refractivity contribution < 1.29 is 8.42 Å². The standard InChI is InChI=1S/C16H17N3O2S/c1-12-17-15-9-8-14(10-16(15)18-12)22(20,21)19(2)11-13-6-4-3-5-7-13/h3-10H,11H2,1-2H3,(H,17,18). The van der Waals surface area contributed by atoms with Gasteiger partial charge in [0.1, 0.15) is 5.82 Å². The minimum atomic E-state index is -3.53. The number of imidazole rings is 1. The number of hydrogen-bond donors (Lipinski definition) is 1. The van der Waals surface area contributed by atoms with Gasteiger partial charge in [-0.3, -0.25) is 0 Å². The van der Waals surface area contributed by atoms with Gasteiger partial charge in [-0.25, -0.2) is 13.4 Å². The first kappa shape index (κ1) is 14.7. The van der Waals surface area contributed by atoms with Gasteiger partial charge in [0, 0.05) is 13.6 Å². The van der Waals surface area contributed by atoms with Crippen LogP contribution in [0, 0.1) is 6.92 Å². The van der Waals surface area contributed by atoms with E-state index in [9.17, 15) is 8.42 Å². The van der Waals surface area contributed by atoms with Crippen molar-refractivity contribution in [3.8, 4) is 0 Å². The van der Waals surface area contributed by atoms with Crippen molar-refractivity contribution in [1.82, 2.24) is 14.3 Å². The fourth-order valence-electron chi connectivity index (χ4n) is 2.38. The Labute approximate surface area is 129 Å². The molecule has 0 amide bonds. The predicted octanol–water partition coefficient (Wildman–Crippen LogP) is 2.69. The minimum absolute atomic E-state index is 0.266. The topological polar surface area (TPSA) is 66.1 Å². The summed E-state index contributed by atoms with van der Waals surface area (Å²) in [5, 5.41) is 0. The number of rotatable bonds is 4. The van der Waals surface area contributed by atoms with Crippen LogP contribution >= 0.6 is 0 Å². The van der Waals surface area contributed by atoms with Gasteiger partial charge in [-0.05, 0) is 30.7 Å². The summed E-state index contributed by atoms with van der Waals surface area (Å²) in [4.78, 5) is 7.62. The van der Waals surface area contributed by atoms with E-state index in [1.165, 1.54) is 4.31 Å². The molecule has 2 aromatic carbocycles. The molecule has 0 fully saturated rings. The quantitative estimate of drug-likeness (QED) is 0.805. The normalized spacial score (nSPS) is 12.1. The van der Waals surface area contributed by atoms with Crippen LogP contribution in [0.5, 0.6) is 0 Å². The number of aryl methyl sites for hydroxylation is 1. The molecule has 0 bridgehead atoms. The second kappa shape index (κ2) is 5.55.